The van der Waals surface area contributed by atoms with Crippen LogP contribution in [0.3, 0.4) is 0 Å². The first-order valence-corrected chi connectivity index (χ1v) is 9.30. The Hall–Kier alpha value is -2.45. The molecule has 8 heteroatoms. The van der Waals surface area contributed by atoms with E-state index in [-0.39, 0.29) is 18.6 Å². The summed E-state index contributed by atoms with van der Waals surface area (Å²) in [5, 5.41) is 8.43. The Kier molecular flexibility index (Phi) is 10.1. The summed E-state index contributed by atoms with van der Waals surface area (Å²) < 4.78 is 1.67. The van der Waals surface area contributed by atoms with E-state index in [9.17, 15) is 9.59 Å². The predicted molar refractivity (Wildman–Crippen MR) is 106 cm³/mol. The highest BCUT2D eigenvalue weighted by Gasteiger charge is 2.24. The summed E-state index contributed by atoms with van der Waals surface area (Å²) in [6.07, 6.45) is 6.80. The van der Waals surface area contributed by atoms with Crippen LogP contribution in [0, 0.1) is 0 Å². The van der Waals surface area contributed by atoms with Gasteiger partial charge in [0, 0.05) is 25.8 Å². The number of hydrogen-bond donors (Lipinski definition) is 1. The first-order valence-electron chi connectivity index (χ1n) is 9.30. The Labute approximate surface area is 161 Å². The summed E-state index contributed by atoms with van der Waals surface area (Å²) in [7, 11) is 1.95. The largest absolute Gasteiger partial charge is 0.351 e. The van der Waals surface area contributed by atoms with E-state index in [0.29, 0.717) is 31.7 Å². The quantitative estimate of drug-likeness (QED) is 0.403. The molecule has 1 N–H and O–H groups in total. The van der Waals surface area contributed by atoms with Gasteiger partial charge >= 0.3 is 0 Å². The third kappa shape index (κ3) is 6.65. The minimum Gasteiger partial charge on any atom is -0.351 e. The van der Waals surface area contributed by atoms with Crippen molar-refractivity contribution in [2.24, 2.45) is 0 Å². The van der Waals surface area contributed by atoms with Crippen LogP contribution in [0.1, 0.15) is 37.7 Å². The molecular formula is C19H31N5O3. The average molecular weight is 377 g/mol. The summed E-state index contributed by atoms with van der Waals surface area (Å²) in [5.41, 5.74) is 1.25. The Morgan fingerprint density at radius 1 is 1.52 bits per heavy atom. The summed E-state index contributed by atoms with van der Waals surface area (Å²) in [4.78, 5) is 30.7. The molecule has 1 aromatic rings. The molecule has 1 aromatic heterocycles. The number of carbonyl (C=O) groups is 2. The Morgan fingerprint density at radius 2 is 2.26 bits per heavy atom. The number of nitrogens with zero attached hydrogens (tertiary/aromatic N) is 4. The van der Waals surface area contributed by atoms with Gasteiger partial charge in [-0.3, -0.25) is 19.3 Å². The lowest BCUT2D eigenvalue weighted by atomic mass is 10.1. The summed E-state index contributed by atoms with van der Waals surface area (Å²) >= 11 is 0. The Morgan fingerprint density at radius 3 is 2.89 bits per heavy atom. The van der Waals surface area contributed by atoms with Crippen LogP contribution >= 0.6 is 0 Å². The van der Waals surface area contributed by atoms with Crippen LogP contribution in [0.4, 0.5) is 0 Å². The molecule has 1 aliphatic heterocycles. The van der Waals surface area contributed by atoms with E-state index in [4.69, 9.17) is 4.84 Å². The smallest absolute Gasteiger partial charge is 0.271 e. The molecule has 0 spiro atoms. The topological polar surface area (TPSA) is 79.7 Å². The van der Waals surface area contributed by atoms with Crippen molar-refractivity contribution in [3.05, 3.63) is 36.7 Å². The number of aromatic nitrogens is 2. The van der Waals surface area contributed by atoms with E-state index in [1.165, 1.54) is 5.06 Å². The average Bonchev–Trinajstić information content (AvgIpc) is 3.18. The number of amides is 2. The molecule has 1 aliphatic rings. The molecule has 1 atom stereocenters. The Bertz CT molecular complexity index is 641. The van der Waals surface area contributed by atoms with E-state index < -0.39 is 0 Å². The summed E-state index contributed by atoms with van der Waals surface area (Å²) in [6, 6.07) is 1.44. The molecular weight excluding hydrogens is 346 g/mol. The normalized spacial score (nSPS) is 16.6. The molecule has 2 rings (SSSR count). The van der Waals surface area contributed by atoms with Gasteiger partial charge in [-0.25, -0.2) is 9.75 Å². The third-order valence-corrected chi connectivity index (χ3v) is 3.74. The number of rotatable bonds is 9. The van der Waals surface area contributed by atoms with Crippen molar-refractivity contribution in [2.45, 2.75) is 33.2 Å². The van der Waals surface area contributed by atoms with Gasteiger partial charge in [0.05, 0.1) is 18.3 Å². The van der Waals surface area contributed by atoms with Crippen molar-refractivity contribution in [2.75, 3.05) is 33.3 Å². The molecule has 8 nitrogen and oxygen atoms in total. The number of carbonyl (C=O) groups excluding carboxylic acids is 2. The van der Waals surface area contributed by atoms with Crippen LogP contribution in [0.5, 0.6) is 0 Å². The highest BCUT2D eigenvalue weighted by atomic mass is 16.7. The molecule has 2 heterocycles. The third-order valence-electron chi connectivity index (χ3n) is 3.74. The van der Waals surface area contributed by atoms with Gasteiger partial charge in [0.15, 0.2) is 5.69 Å². The first kappa shape index (κ1) is 22.6. The lowest BCUT2D eigenvalue weighted by molar-refractivity contribution is -0.177. The second kappa shape index (κ2) is 12.0. The minimum atomic E-state index is -0.243. The molecule has 0 aromatic carbocycles. The lowest BCUT2D eigenvalue weighted by Gasteiger charge is -2.33. The van der Waals surface area contributed by atoms with Gasteiger partial charge in [-0.05, 0) is 25.6 Å². The van der Waals surface area contributed by atoms with Gasteiger partial charge in [-0.15, -0.1) is 6.58 Å². The number of hydroxylamine groups is 2. The van der Waals surface area contributed by atoms with Crippen LogP contribution in [-0.2, 0) is 9.63 Å². The van der Waals surface area contributed by atoms with Crippen molar-refractivity contribution >= 4 is 18.0 Å². The Balaban J connectivity index is 0.00000176. The zero-order valence-electron chi connectivity index (χ0n) is 16.7. The van der Waals surface area contributed by atoms with Crippen LogP contribution in [-0.4, -0.2) is 71.4 Å². The zero-order valence-corrected chi connectivity index (χ0v) is 16.7. The highest BCUT2D eigenvalue weighted by Crippen LogP contribution is 2.17. The summed E-state index contributed by atoms with van der Waals surface area (Å²) in [6.45, 7) is 11.8. The number of likely N-dealkylation sites (N-methyl/N-ethyl adjacent to an activating group) is 1. The fourth-order valence-electron chi connectivity index (χ4n) is 2.57. The van der Waals surface area contributed by atoms with Crippen molar-refractivity contribution < 1.29 is 14.4 Å². The van der Waals surface area contributed by atoms with Crippen molar-refractivity contribution in [3.8, 4) is 0 Å². The molecule has 0 saturated heterocycles. The second-order valence-corrected chi connectivity index (χ2v) is 5.87. The minimum absolute atomic E-state index is 0.189. The zero-order chi connectivity index (χ0) is 20.2. The highest BCUT2D eigenvalue weighted by molar-refractivity contribution is 5.92. The van der Waals surface area contributed by atoms with E-state index in [1.807, 2.05) is 33.9 Å². The van der Waals surface area contributed by atoms with E-state index in [2.05, 4.69) is 21.9 Å². The fraction of sp³-hybridized carbons (Fsp3) is 0.526. The molecule has 2 amide bonds. The van der Waals surface area contributed by atoms with Gasteiger partial charge in [-0.2, -0.15) is 5.10 Å². The van der Waals surface area contributed by atoms with Gasteiger partial charge < -0.3 is 5.32 Å². The maximum absolute atomic E-state index is 12.0. The maximum atomic E-state index is 12.0. The van der Waals surface area contributed by atoms with Gasteiger partial charge in [0.1, 0.15) is 0 Å². The van der Waals surface area contributed by atoms with Gasteiger partial charge in [0.2, 0.25) is 6.41 Å². The van der Waals surface area contributed by atoms with Gasteiger partial charge in [0.25, 0.3) is 5.91 Å². The maximum Gasteiger partial charge on any atom is 0.271 e. The molecule has 0 bridgehead atoms. The van der Waals surface area contributed by atoms with E-state index in [0.717, 1.165) is 12.1 Å². The van der Waals surface area contributed by atoms with Crippen LogP contribution in [0.15, 0.2) is 31.0 Å². The molecule has 1 unspecified atom stereocenters. The molecule has 150 valence electrons. The standard InChI is InChI=1S/C17H25N5O3.C2H6/c1-4-7-18-17(24)16-6-8-21(19-16)14-10-15(12-20(3)11-14)22(13-23)25-9-5-2;1-2/h5-6,8,10,13,15H,2,4,7,9,11-12H2,1,3H3,(H,18,24);1-2H3. The second-order valence-electron chi connectivity index (χ2n) is 5.87. The molecule has 0 fully saturated rings. The van der Waals surface area contributed by atoms with Crippen LogP contribution < -0.4 is 5.32 Å². The monoisotopic (exact) mass is 377 g/mol. The van der Waals surface area contributed by atoms with E-state index in [1.54, 1.807) is 23.0 Å². The SMILES string of the molecule is C=CCON(C=O)C1C=C(n2ccc(C(=O)NCCC)n2)CN(C)C1.CC. The molecule has 0 radical (unpaired) electrons. The van der Waals surface area contributed by atoms with Gasteiger partial charge in [-0.1, -0.05) is 26.8 Å². The fourth-order valence-corrected chi connectivity index (χ4v) is 2.57. The number of nitrogens with one attached hydrogen (secondary N) is 1. The molecule has 27 heavy (non-hydrogen) atoms. The van der Waals surface area contributed by atoms with Crippen molar-refractivity contribution in [3.63, 3.8) is 0 Å². The lowest BCUT2D eigenvalue weighted by Crippen LogP contribution is -2.45. The summed E-state index contributed by atoms with van der Waals surface area (Å²) in [5.74, 6) is -0.189. The van der Waals surface area contributed by atoms with Crippen LogP contribution in [0.2, 0.25) is 0 Å². The number of hydrogen-bond acceptors (Lipinski definition) is 5. The molecule has 0 aliphatic carbocycles. The molecule has 0 saturated carbocycles. The predicted octanol–water partition coefficient (Wildman–Crippen LogP) is 1.78. The van der Waals surface area contributed by atoms with Crippen molar-refractivity contribution in [1.29, 1.82) is 0 Å². The van der Waals surface area contributed by atoms with Crippen molar-refractivity contribution in [1.82, 2.24) is 25.1 Å². The first-order chi connectivity index (χ1) is 13.1. The van der Waals surface area contributed by atoms with E-state index >= 15 is 0 Å². The van der Waals surface area contributed by atoms with Crippen LogP contribution in [0.25, 0.3) is 5.70 Å².